The van der Waals surface area contributed by atoms with Gasteiger partial charge < -0.3 is 14.8 Å². The fourth-order valence-electron chi connectivity index (χ4n) is 3.72. The van der Waals surface area contributed by atoms with E-state index in [1.165, 1.54) is 23.7 Å². The number of benzene rings is 2. The lowest BCUT2D eigenvalue weighted by Crippen LogP contribution is -2.07. The summed E-state index contributed by atoms with van der Waals surface area (Å²) in [6, 6.07) is 15.2. The number of furan rings is 1. The Labute approximate surface area is 191 Å². The summed E-state index contributed by atoms with van der Waals surface area (Å²) in [5, 5.41) is 14.4. The molecule has 164 valence electrons. The molecular weight excluding hydrogens is 422 g/mol. The van der Waals surface area contributed by atoms with Crippen LogP contribution in [0.5, 0.6) is 0 Å². The second kappa shape index (κ2) is 9.44. The lowest BCUT2D eigenvalue weighted by atomic mass is 10.1. The van der Waals surface area contributed by atoms with Crippen LogP contribution in [0.15, 0.2) is 64.2 Å². The molecule has 0 atom stereocenters. The van der Waals surface area contributed by atoms with Gasteiger partial charge in [0.1, 0.15) is 23.5 Å². The first kappa shape index (κ1) is 21.9. The molecule has 4 rings (SSSR count). The van der Waals surface area contributed by atoms with Gasteiger partial charge in [0.2, 0.25) is 0 Å². The molecule has 7 heteroatoms. The van der Waals surface area contributed by atoms with Crippen LogP contribution in [0.25, 0.3) is 22.2 Å². The van der Waals surface area contributed by atoms with Gasteiger partial charge in [0.15, 0.2) is 0 Å². The average molecular weight is 448 g/mol. The van der Waals surface area contributed by atoms with E-state index >= 15 is 0 Å². The van der Waals surface area contributed by atoms with Gasteiger partial charge in [-0.3, -0.25) is 0 Å². The molecule has 0 fully saturated rings. The van der Waals surface area contributed by atoms with Crippen LogP contribution in [-0.2, 0) is 6.42 Å². The first-order chi connectivity index (χ1) is 15.4. The van der Waals surface area contributed by atoms with Crippen molar-refractivity contribution in [1.82, 2.24) is 9.97 Å². The lowest BCUT2D eigenvalue weighted by molar-refractivity contribution is 0.0693. The van der Waals surface area contributed by atoms with Gasteiger partial charge >= 0.3 is 5.97 Å². The lowest BCUT2D eigenvalue weighted by Gasteiger charge is -2.14. The van der Waals surface area contributed by atoms with E-state index in [0.29, 0.717) is 18.1 Å². The molecule has 0 saturated heterocycles. The third-order valence-electron chi connectivity index (χ3n) is 5.12. The molecule has 2 aromatic carbocycles. The van der Waals surface area contributed by atoms with Crippen molar-refractivity contribution in [2.75, 3.05) is 11.9 Å². The highest BCUT2D eigenvalue weighted by molar-refractivity contribution is 8.00. The second-order valence-corrected chi connectivity index (χ2v) is 9.34. The number of anilines is 1. The van der Waals surface area contributed by atoms with E-state index in [4.69, 9.17) is 4.42 Å². The number of hydrogen-bond acceptors (Lipinski definition) is 6. The number of carbonyl (C=O) groups is 1. The molecule has 6 nitrogen and oxygen atoms in total. The number of para-hydroxylation sites is 1. The number of nitrogens with one attached hydrogen (secondary N) is 1. The fourth-order valence-corrected chi connectivity index (χ4v) is 4.77. The predicted octanol–water partition coefficient (Wildman–Crippen LogP) is 6.05. The van der Waals surface area contributed by atoms with Crippen molar-refractivity contribution < 1.29 is 14.3 Å². The Morgan fingerprint density at radius 2 is 1.97 bits per heavy atom. The van der Waals surface area contributed by atoms with E-state index in [1.807, 2.05) is 51.1 Å². The minimum absolute atomic E-state index is 0.238. The fraction of sp³-hybridized carbons (Fsp3) is 0.240. The summed E-state index contributed by atoms with van der Waals surface area (Å²) in [5.41, 5.74) is 3.87. The number of carboxylic acid groups (broad SMARTS) is 1. The Hall–Kier alpha value is -3.32. The van der Waals surface area contributed by atoms with Crippen molar-refractivity contribution >= 4 is 34.5 Å². The maximum Gasteiger partial charge on any atom is 0.336 e. The monoisotopic (exact) mass is 447 g/mol. The zero-order valence-electron chi connectivity index (χ0n) is 18.3. The van der Waals surface area contributed by atoms with Gasteiger partial charge in [-0.2, -0.15) is 0 Å². The van der Waals surface area contributed by atoms with Gasteiger partial charge in [0, 0.05) is 39.3 Å². The molecular formula is C25H25N3O3S. The molecule has 2 N–H and O–H groups in total. The number of aromatic nitrogens is 2. The van der Waals surface area contributed by atoms with Gasteiger partial charge in [-0.25, -0.2) is 14.8 Å². The molecule has 0 radical (unpaired) electrons. The average Bonchev–Trinajstić information content (AvgIpc) is 3.09. The number of fused-ring (bicyclic) bond motifs is 1. The minimum atomic E-state index is -0.940. The van der Waals surface area contributed by atoms with Gasteiger partial charge in [-0.1, -0.05) is 44.2 Å². The molecule has 0 amide bonds. The molecule has 0 aliphatic carbocycles. The molecule has 0 unspecified atom stereocenters. The van der Waals surface area contributed by atoms with Crippen LogP contribution in [0.2, 0.25) is 0 Å². The van der Waals surface area contributed by atoms with Crippen molar-refractivity contribution in [3.63, 3.8) is 0 Å². The van der Waals surface area contributed by atoms with Crippen LogP contribution in [-0.4, -0.2) is 32.8 Å². The number of nitrogens with zero attached hydrogens (tertiary/aromatic N) is 2. The summed E-state index contributed by atoms with van der Waals surface area (Å²) in [7, 11) is 0. The minimum Gasteiger partial charge on any atom is -0.478 e. The number of carboxylic acids is 1. The largest absolute Gasteiger partial charge is 0.478 e. The van der Waals surface area contributed by atoms with E-state index < -0.39 is 5.97 Å². The van der Waals surface area contributed by atoms with Crippen LogP contribution < -0.4 is 5.32 Å². The maximum atomic E-state index is 11.8. The van der Waals surface area contributed by atoms with Crippen molar-refractivity contribution in [1.29, 1.82) is 0 Å². The van der Waals surface area contributed by atoms with Gasteiger partial charge in [0.25, 0.3) is 0 Å². The molecule has 0 aliphatic heterocycles. The van der Waals surface area contributed by atoms with Crippen LogP contribution in [0.1, 0.15) is 35.5 Å². The molecule has 2 aromatic heterocycles. The Bertz CT molecular complexity index is 1270. The van der Waals surface area contributed by atoms with Gasteiger partial charge in [-0.15, -0.1) is 11.8 Å². The standard InChI is InChI=1S/C25H25N3O3S/c1-15(2)32-24-19(8-6-9-20(24)25(29)30)21-13-23(28-14-27-21)26-12-11-17-16(3)31-22-10-5-4-7-18(17)22/h4-10,13-15H,11-12H2,1-3H3,(H,29,30)(H,26,27,28). The zero-order chi connectivity index (χ0) is 22.7. The van der Waals surface area contributed by atoms with Crippen LogP contribution >= 0.6 is 11.8 Å². The third kappa shape index (κ3) is 4.62. The first-order valence-electron chi connectivity index (χ1n) is 10.5. The van der Waals surface area contributed by atoms with Crippen molar-refractivity contribution in [3.8, 4) is 11.3 Å². The van der Waals surface area contributed by atoms with Crippen molar-refractivity contribution in [2.24, 2.45) is 0 Å². The van der Waals surface area contributed by atoms with Gasteiger partial charge in [0.05, 0.1) is 11.3 Å². The Morgan fingerprint density at radius 3 is 2.75 bits per heavy atom. The summed E-state index contributed by atoms with van der Waals surface area (Å²) in [5.74, 6) is 0.684. The Kier molecular flexibility index (Phi) is 6.46. The summed E-state index contributed by atoms with van der Waals surface area (Å²) in [4.78, 5) is 21.3. The highest BCUT2D eigenvalue weighted by Crippen LogP contribution is 2.36. The SMILES string of the molecule is Cc1oc2ccccc2c1CCNc1cc(-c2cccc(C(=O)O)c2SC(C)C)ncn1. The quantitative estimate of drug-likeness (QED) is 0.318. The number of aryl methyl sites for hydroxylation is 1. The molecule has 0 spiro atoms. The molecule has 4 aromatic rings. The topological polar surface area (TPSA) is 88.2 Å². The smallest absolute Gasteiger partial charge is 0.336 e. The number of hydrogen-bond donors (Lipinski definition) is 2. The number of aromatic carboxylic acids is 1. The summed E-state index contributed by atoms with van der Waals surface area (Å²) < 4.78 is 5.85. The summed E-state index contributed by atoms with van der Waals surface area (Å²) in [6.07, 6.45) is 2.30. The number of thioether (sulfide) groups is 1. The molecule has 0 aliphatic rings. The Morgan fingerprint density at radius 1 is 1.16 bits per heavy atom. The molecule has 32 heavy (non-hydrogen) atoms. The van der Waals surface area contributed by atoms with E-state index in [1.54, 1.807) is 12.1 Å². The number of rotatable bonds is 8. The van der Waals surface area contributed by atoms with Crippen LogP contribution in [0, 0.1) is 6.92 Å². The molecule has 0 saturated carbocycles. The highest BCUT2D eigenvalue weighted by Gasteiger charge is 2.18. The Balaban J connectivity index is 1.56. The van der Waals surface area contributed by atoms with E-state index in [-0.39, 0.29) is 10.8 Å². The second-order valence-electron chi connectivity index (χ2n) is 7.75. The predicted molar refractivity (Wildman–Crippen MR) is 129 cm³/mol. The first-order valence-corrected chi connectivity index (χ1v) is 11.4. The maximum absolute atomic E-state index is 11.8. The van der Waals surface area contributed by atoms with Gasteiger partial charge in [-0.05, 0) is 25.5 Å². The zero-order valence-corrected chi connectivity index (χ0v) is 19.1. The van der Waals surface area contributed by atoms with E-state index in [9.17, 15) is 9.90 Å². The highest BCUT2D eigenvalue weighted by atomic mass is 32.2. The van der Waals surface area contributed by atoms with Crippen molar-refractivity contribution in [2.45, 2.75) is 37.3 Å². The normalized spacial score (nSPS) is 11.2. The summed E-state index contributed by atoms with van der Waals surface area (Å²) >= 11 is 1.53. The van der Waals surface area contributed by atoms with E-state index in [0.717, 1.165) is 33.6 Å². The molecule has 2 heterocycles. The summed E-state index contributed by atoms with van der Waals surface area (Å²) in [6.45, 7) is 6.76. The van der Waals surface area contributed by atoms with E-state index in [2.05, 4.69) is 21.4 Å². The van der Waals surface area contributed by atoms with Crippen LogP contribution in [0.3, 0.4) is 0 Å². The molecule has 0 bridgehead atoms. The van der Waals surface area contributed by atoms with Crippen LogP contribution in [0.4, 0.5) is 5.82 Å². The van der Waals surface area contributed by atoms with Crippen molar-refractivity contribution in [3.05, 3.63) is 71.7 Å². The third-order valence-corrected chi connectivity index (χ3v) is 6.27.